The molecule has 0 aliphatic carbocycles. The van der Waals surface area contributed by atoms with E-state index in [4.69, 9.17) is 11.1 Å². The van der Waals surface area contributed by atoms with Gasteiger partial charge in [0.25, 0.3) is 11.8 Å². The smallest absolute Gasteiger partial charge is 0.255 e. The van der Waals surface area contributed by atoms with Gasteiger partial charge < -0.3 is 27.1 Å². The van der Waals surface area contributed by atoms with Crippen LogP contribution in [0.4, 0.5) is 17.1 Å². The predicted molar refractivity (Wildman–Crippen MR) is 132 cm³/mol. The SMILES string of the molecule is C=C(\C=C/C=C(C)/C(N)=C/C=N)C(=O)Nc1ccc(NC(=O)c2cccc(NC)c2)cc1. The molecule has 0 saturated heterocycles. The molecule has 0 aromatic heterocycles. The van der Waals surface area contributed by atoms with E-state index < -0.39 is 0 Å². The molecule has 164 valence electrons. The Labute approximate surface area is 187 Å². The molecular weight excluding hydrogens is 402 g/mol. The zero-order chi connectivity index (χ0) is 23.5. The Kier molecular flexibility index (Phi) is 8.74. The van der Waals surface area contributed by atoms with Gasteiger partial charge in [-0.2, -0.15) is 0 Å². The highest BCUT2D eigenvalue weighted by Crippen LogP contribution is 2.17. The van der Waals surface area contributed by atoms with Gasteiger partial charge in [0, 0.05) is 47.2 Å². The summed E-state index contributed by atoms with van der Waals surface area (Å²) in [6.07, 6.45) is 7.57. The summed E-state index contributed by atoms with van der Waals surface area (Å²) in [5.74, 6) is -0.576. The van der Waals surface area contributed by atoms with Crippen molar-refractivity contribution in [2.45, 2.75) is 6.92 Å². The summed E-state index contributed by atoms with van der Waals surface area (Å²) < 4.78 is 0. The van der Waals surface area contributed by atoms with E-state index in [1.165, 1.54) is 6.08 Å². The third-order valence-electron chi connectivity index (χ3n) is 4.47. The molecule has 2 aromatic rings. The normalized spacial score (nSPS) is 11.7. The molecule has 2 aromatic carbocycles. The van der Waals surface area contributed by atoms with Crippen molar-refractivity contribution in [2.75, 3.05) is 23.0 Å². The van der Waals surface area contributed by atoms with Crippen LogP contribution in [0.5, 0.6) is 0 Å². The summed E-state index contributed by atoms with van der Waals surface area (Å²) in [4.78, 5) is 24.7. The standard InChI is InChI=1S/C25H27N5O2/c1-17(23(27)14-15-26)6-4-7-18(2)24(31)29-20-10-12-21(13-11-20)30-25(32)19-8-5-9-22(16-19)28-3/h4-16,26,28H,2,27H2,1,3H3,(H,29,31)(H,30,32)/b7-4-,17-6+,23-14-,26-15?. The van der Waals surface area contributed by atoms with Gasteiger partial charge in [0.15, 0.2) is 0 Å². The number of anilines is 3. The van der Waals surface area contributed by atoms with E-state index in [0.717, 1.165) is 17.5 Å². The van der Waals surface area contributed by atoms with Gasteiger partial charge in [0.2, 0.25) is 0 Å². The Hall–Kier alpha value is -4.39. The minimum absolute atomic E-state index is 0.225. The lowest BCUT2D eigenvalue weighted by Gasteiger charge is -2.09. The molecule has 2 amide bonds. The average Bonchev–Trinajstić information content (AvgIpc) is 2.80. The number of rotatable bonds is 9. The highest BCUT2D eigenvalue weighted by molar-refractivity contribution is 6.06. The van der Waals surface area contributed by atoms with Gasteiger partial charge in [-0.1, -0.05) is 30.9 Å². The van der Waals surface area contributed by atoms with Crippen LogP contribution >= 0.6 is 0 Å². The van der Waals surface area contributed by atoms with Gasteiger partial charge in [-0.25, -0.2) is 0 Å². The van der Waals surface area contributed by atoms with Crippen molar-refractivity contribution in [3.8, 4) is 0 Å². The summed E-state index contributed by atoms with van der Waals surface area (Å²) in [6, 6.07) is 14.0. The van der Waals surface area contributed by atoms with Crippen LogP contribution in [-0.4, -0.2) is 25.1 Å². The summed E-state index contributed by atoms with van der Waals surface area (Å²) in [5, 5.41) is 15.6. The van der Waals surface area contributed by atoms with E-state index in [-0.39, 0.29) is 17.4 Å². The third-order valence-corrected chi connectivity index (χ3v) is 4.47. The fourth-order valence-electron chi connectivity index (χ4n) is 2.57. The molecule has 0 bridgehead atoms. The van der Waals surface area contributed by atoms with E-state index in [2.05, 4.69) is 22.5 Å². The molecule has 6 N–H and O–H groups in total. The molecule has 0 radical (unpaired) electrons. The molecule has 2 rings (SSSR count). The Morgan fingerprint density at radius 2 is 1.66 bits per heavy atom. The van der Waals surface area contributed by atoms with Crippen molar-refractivity contribution in [3.63, 3.8) is 0 Å². The minimum Gasteiger partial charge on any atom is -0.398 e. The maximum atomic E-state index is 12.4. The Balaban J connectivity index is 1.94. The van der Waals surface area contributed by atoms with E-state index in [9.17, 15) is 9.59 Å². The van der Waals surface area contributed by atoms with E-state index in [1.54, 1.807) is 74.7 Å². The number of hydrogen-bond acceptors (Lipinski definition) is 5. The molecule has 0 aliphatic rings. The van der Waals surface area contributed by atoms with Gasteiger partial charge >= 0.3 is 0 Å². The van der Waals surface area contributed by atoms with Crippen LogP contribution in [0.3, 0.4) is 0 Å². The summed E-state index contributed by atoms with van der Waals surface area (Å²) in [6.45, 7) is 5.57. The molecule has 0 unspecified atom stereocenters. The van der Waals surface area contributed by atoms with E-state index in [0.29, 0.717) is 22.6 Å². The fourth-order valence-corrected chi connectivity index (χ4v) is 2.57. The first-order chi connectivity index (χ1) is 15.3. The zero-order valence-electron chi connectivity index (χ0n) is 18.1. The minimum atomic E-state index is -0.351. The van der Waals surface area contributed by atoms with Crippen molar-refractivity contribution in [2.24, 2.45) is 5.73 Å². The monoisotopic (exact) mass is 429 g/mol. The second-order valence-corrected chi connectivity index (χ2v) is 6.84. The van der Waals surface area contributed by atoms with Crippen molar-refractivity contribution in [3.05, 3.63) is 102 Å². The van der Waals surface area contributed by atoms with Gasteiger partial charge in [-0.15, -0.1) is 0 Å². The third kappa shape index (κ3) is 7.14. The highest BCUT2D eigenvalue weighted by atomic mass is 16.2. The molecule has 0 saturated carbocycles. The summed E-state index contributed by atoms with van der Waals surface area (Å²) in [7, 11) is 1.79. The lowest BCUT2D eigenvalue weighted by atomic mass is 10.1. The lowest BCUT2D eigenvalue weighted by molar-refractivity contribution is -0.112. The molecule has 0 aliphatic heterocycles. The maximum absolute atomic E-state index is 12.4. The molecule has 0 heterocycles. The second-order valence-electron chi connectivity index (χ2n) is 6.84. The number of benzene rings is 2. The largest absolute Gasteiger partial charge is 0.398 e. The molecule has 0 atom stereocenters. The van der Waals surface area contributed by atoms with Crippen molar-refractivity contribution in [1.82, 2.24) is 0 Å². The van der Waals surface area contributed by atoms with Crippen LogP contribution in [0.25, 0.3) is 0 Å². The lowest BCUT2D eigenvalue weighted by Crippen LogP contribution is -2.13. The van der Waals surface area contributed by atoms with Crippen LogP contribution in [-0.2, 0) is 4.79 Å². The molecule has 0 fully saturated rings. The van der Waals surface area contributed by atoms with E-state index in [1.807, 2.05) is 6.07 Å². The number of allylic oxidation sites excluding steroid dienone is 4. The van der Waals surface area contributed by atoms with Crippen LogP contribution in [0.1, 0.15) is 17.3 Å². The summed E-state index contributed by atoms with van der Waals surface area (Å²) >= 11 is 0. The molecule has 7 heteroatoms. The highest BCUT2D eigenvalue weighted by Gasteiger charge is 2.08. The molecule has 0 spiro atoms. The fraction of sp³-hybridized carbons (Fsp3) is 0.0800. The van der Waals surface area contributed by atoms with Gasteiger partial charge in [0.1, 0.15) is 0 Å². The average molecular weight is 430 g/mol. The number of nitrogens with two attached hydrogens (primary N) is 1. The number of hydrogen-bond donors (Lipinski definition) is 5. The first kappa shape index (κ1) is 23.9. The number of carbonyl (C=O) groups is 2. The van der Waals surface area contributed by atoms with Crippen LogP contribution < -0.4 is 21.7 Å². The maximum Gasteiger partial charge on any atom is 0.255 e. The van der Waals surface area contributed by atoms with Crippen molar-refractivity contribution >= 4 is 35.1 Å². The second kappa shape index (κ2) is 11.7. The molecule has 32 heavy (non-hydrogen) atoms. The zero-order valence-corrected chi connectivity index (χ0v) is 18.1. The number of amides is 2. The van der Waals surface area contributed by atoms with Crippen molar-refractivity contribution in [1.29, 1.82) is 5.41 Å². The van der Waals surface area contributed by atoms with Gasteiger partial charge in [0.05, 0.1) is 0 Å². The number of carbonyl (C=O) groups excluding carboxylic acids is 2. The van der Waals surface area contributed by atoms with Gasteiger partial charge in [-0.05, 0) is 61.0 Å². The first-order valence-corrected chi connectivity index (χ1v) is 9.85. The summed E-state index contributed by atoms with van der Waals surface area (Å²) in [5.41, 5.74) is 9.86. The van der Waals surface area contributed by atoms with Crippen LogP contribution in [0, 0.1) is 5.41 Å². The molecular formula is C25H27N5O2. The number of nitrogens with one attached hydrogen (secondary N) is 4. The topological polar surface area (TPSA) is 120 Å². The first-order valence-electron chi connectivity index (χ1n) is 9.85. The Morgan fingerprint density at radius 3 is 2.28 bits per heavy atom. The van der Waals surface area contributed by atoms with Crippen LogP contribution in [0.15, 0.2) is 96.3 Å². The quantitative estimate of drug-likeness (QED) is 0.229. The van der Waals surface area contributed by atoms with Gasteiger partial charge in [-0.3, -0.25) is 9.59 Å². The Bertz CT molecular complexity index is 1100. The molecule has 7 nitrogen and oxygen atoms in total. The van der Waals surface area contributed by atoms with Crippen molar-refractivity contribution < 1.29 is 9.59 Å². The predicted octanol–water partition coefficient (Wildman–Crippen LogP) is 4.47. The van der Waals surface area contributed by atoms with E-state index >= 15 is 0 Å². The Morgan fingerprint density at radius 1 is 1.00 bits per heavy atom. The van der Waals surface area contributed by atoms with Crippen LogP contribution in [0.2, 0.25) is 0 Å².